The Kier molecular flexibility index (Phi) is 4.75. The van der Waals surface area contributed by atoms with Gasteiger partial charge in [-0.15, -0.1) is 0 Å². The van der Waals surface area contributed by atoms with E-state index in [4.69, 9.17) is 13.9 Å². The zero-order valence-electron chi connectivity index (χ0n) is 20.0. The van der Waals surface area contributed by atoms with Crippen LogP contribution in [0.2, 0.25) is 0 Å². The van der Waals surface area contributed by atoms with E-state index in [9.17, 15) is 9.90 Å². The number of likely N-dealkylation sites (tertiary alicyclic amines) is 1. The molecule has 3 heterocycles. The van der Waals surface area contributed by atoms with E-state index < -0.39 is 0 Å². The van der Waals surface area contributed by atoms with Gasteiger partial charge in [0.05, 0.1) is 16.5 Å². The molecule has 0 radical (unpaired) electrons. The van der Waals surface area contributed by atoms with Crippen molar-refractivity contribution in [2.24, 2.45) is 10.8 Å². The SMILES string of the molecule is CC1(C)C[C@@H]2C[C@](C)(CN2Cc2c(O)ccc3c(=O)c(-c4ccc5c(c4)OCCO5)coc23)C1. The van der Waals surface area contributed by atoms with Gasteiger partial charge < -0.3 is 19.0 Å². The van der Waals surface area contributed by atoms with Crippen LogP contribution in [0.15, 0.2) is 45.8 Å². The normalized spacial score (nSPS) is 25.6. The largest absolute Gasteiger partial charge is 0.507 e. The third-order valence-corrected chi connectivity index (χ3v) is 7.76. The molecule has 6 nitrogen and oxygen atoms in total. The lowest BCUT2D eigenvalue weighted by atomic mass is 9.65. The highest BCUT2D eigenvalue weighted by molar-refractivity contribution is 5.86. The fourth-order valence-corrected chi connectivity index (χ4v) is 6.77. The molecule has 1 N–H and O–H groups in total. The fraction of sp³-hybridized carbons (Fsp3) is 0.464. The van der Waals surface area contributed by atoms with Gasteiger partial charge in [0.15, 0.2) is 11.5 Å². The number of benzene rings is 2. The summed E-state index contributed by atoms with van der Waals surface area (Å²) in [6, 6.07) is 9.25. The molecule has 3 aromatic rings. The summed E-state index contributed by atoms with van der Waals surface area (Å²) in [5.74, 6) is 1.49. The number of nitrogens with zero attached hydrogens (tertiary/aromatic N) is 1. The molecular weight excluding hydrogens is 430 g/mol. The van der Waals surface area contributed by atoms with Crippen LogP contribution in [0.4, 0.5) is 0 Å². The van der Waals surface area contributed by atoms with Crippen LogP contribution in [0.1, 0.15) is 45.6 Å². The van der Waals surface area contributed by atoms with Gasteiger partial charge in [-0.2, -0.15) is 0 Å². The van der Waals surface area contributed by atoms with E-state index in [-0.39, 0.29) is 11.2 Å². The first-order chi connectivity index (χ1) is 16.2. The second kappa shape index (κ2) is 7.51. The molecule has 1 saturated carbocycles. The van der Waals surface area contributed by atoms with Gasteiger partial charge in [0.25, 0.3) is 0 Å². The first kappa shape index (κ1) is 21.5. The molecule has 0 unspecified atom stereocenters. The molecule has 3 aliphatic rings. The quantitative estimate of drug-likeness (QED) is 0.568. The lowest BCUT2D eigenvalue weighted by Crippen LogP contribution is -2.34. The molecule has 6 rings (SSSR count). The van der Waals surface area contributed by atoms with Crippen LogP contribution in [-0.2, 0) is 6.54 Å². The minimum absolute atomic E-state index is 0.118. The molecule has 6 heteroatoms. The number of hydrogen-bond donors (Lipinski definition) is 1. The molecule has 1 saturated heterocycles. The van der Waals surface area contributed by atoms with Crippen molar-refractivity contribution < 1.29 is 19.0 Å². The summed E-state index contributed by atoms with van der Waals surface area (Å²) >= 11 is 0. The molecule has 34 heavy (non-hydrogen) atoms. The lowest BCUT2D eigenvalue weighted by molar-refractivity contribution is 0.126. The average molecular weight is 462 g/mol. The molecule has 1 aromatic heterocycles. The number of fused-ring (bicyclic) bond motifs is 4. The molecular formula is C28H31NO5. The maximum absolute atomic E-state index is 13.5. The fourth-order valence-electron chi connectivity index (χ4n) is 6.77. The van der Waals surface area contributed by atoms with Gasteiger partial charge in [-0.05, 0) is 59.9 Å². The molecule has 2 aromatic carbocycles. The highest BCUT2D eigenvalue weighted by atomic mass is 16.6. The van der Waals surface area contributed by atoms with Gasteiger partial charge in [0.1, 0.15) is 30.8 Å². The van der Waals surface area contributed by atoms with E-state index in [1.807, 2.05) is 18.2 Å². The topological polar surface area (TPSA) is 72.1 Å². The Morgan fingerprint density at radius 3 is 2.68 bits per heavy atom. The van der Waals surface area contributed by atoms with E-state index in [1.54, 1.807) is 12.1 Å². The molecule has 2 aliphatic heterocycles. The van der Waals surface area contributed by atoms with Crippen molar-refractivity contribution in [3.05, 3.63) is 52.4 Å². The van der Waals surface area contributed by atoms with Crippen molar-refractivity contribution in [3.63, 3.8) is 0 Å². The zero-order valence-corrected chi connectivity index (χ0v) is 20.0. The summed E-state index contributed by atoms with van der Waals surface area (Å²) in [5, 5.41) is 11.2. The predicted octanol–water partition coefficient (Wildman–Crippen LogP) is 5.34. The molecule has 0 amide bonds. The molecule has 2 bridgehead atoms. The standard InChI is InChI=1S/C28H31NO5/c1-27(2)11-18-12-28(3,15-27)16-29(18)13-20-22(30)6-5-19-25(31)21(14-34-26(19)20)17-4-7-23-24(10-17)33-9-8-32-23/h4-7,10,14,18,30H,8-9,11-13,15-16H2,1-3H3/t18-,28+/m1/s1. The third kappa shape index (κ3) is 3.56. The van der Waals surface area contributed by atoms with Crippen molar-refractivity contribution in [2.75, 3.05) is 19.8 Å². The van der Waals surface area contributed by atoms with Crippen LogP contribution in [0.5, 0.6) is 17.2 Å². The molecule has 0 spiro atoms. The number of aromatic hydroxyl groups is 1. The maximum atomic E-state index is 13.5. The van der Waals surface area contributed by atoms with Crippen molar-refractivity contribution in [2.45, 2.75) is 52.6 Å². The van der Waals surface area contributed by atoms with E-state index in [2.05, 4.69) is 25.7 Å². The zero-order chi connectivity index (χ0) is 23.7. The highest BCUT2D eigenvalue weighted by Crippen LogP contribution is 2.53. The number of ether oxygens (including phenoxy) is 2. The molecule has 2 fully saturated rings. The molecule has 1 aliphatic carbocycles. The van der Waals surface area contributed by atoms with E-state index in [0.29, 0.717) is 70.2 Å². The van der Waals surface area contributed by atoms with Crippen molar-refractivity contribution in [1.82, 2.24) is 4.90 Å². The number of rotatable bonds is 3. The predicted molar refractivity (Wildman–Crippen MR) is 131 cm³/mol. The second-order valence-electron chi connectivity index (χ2n) is 11.4. The Bertz CT molecular complexity index is 1340. The first-order valence-electron chi connectivity index (χ1n) is 12.1. The number of phenolic OH excluding ortho intramolecular Hbond substituents is 1. The van der Waals surface area contributed by atoms with Crippen LogP contribution in [0.25, 0.3) is 22.1 Å². The summed E-state index contributed by atoms with van der Waals surface area (Å²) < 4.78 is 17.3. The summed E-state index contributed by atoms with van der Waals surface area (Å²) in [4.78, 5) is 16.0. The Morgan fingerprint density at radius 1 is 1.06 bits per heavy atom. The Hall–Kier alpha value is -2.99. The summed E-state index contributed by atoms with van der Waals surface area (Å²) in [6.07, 6.45) is 5.04. The highest BCUT2D eigenvalue weighted by Gasteiger charge is 2.49. The van der Waals surface area contributed by atoms with Crippen LogP contribution >= 0.6 is 0 Å². The Morgan fingerprint density at radius 2 is 1.85 bits per heavy atom. The molecule has 2 atom stereocenters. The van der Waals surface area contributed by atoms with Crippen LogP contribution in [-0.4, -0.2) is 35.8 Å². The smallest absolute Gasteiger partial charge is 0.200 e. The third-order valence-electron chi connectivity index (χ3n) is 7.76. The van der Waals surface area contributed by atoms with Crippen molar-refractivity contribution in [1.29, 1.82) is 0 Å². The number of phenols is 1. The Labute approximate surface area is 199 Å². The minimum atomic E-state index is -0.118. The summed E-state index contributed by atoms with van der Waals surface area (Å²) in [5.41, 5.74) is 2.84. The average Bonchev–Trinajstić information content (AvgIpc) is 3.03. The van der Waals surface area contributed by atoms with Crippen molar-refractivity contribution in [3.8, 4) is 28.4 Å². The van der Waals surface area contributed by atoms with Gasteiger partial charge in [0, 0.05) is 19.1 Å². The maximum Gasteiger partial charge on any atom is 0.200 e. The lowest BCUT2D eigenvalue weighted by Gasteiger charge is -2.40. The summed E-state index contributed by atoms with van der Waals surface area (Å²) in [6.45, 7) is 9.67. The van der Waals surface area contributed by atoms with Gasteiger partial charge in [0.2, 0.25) is 5.43 Å². The monoisotopic (exact) mass is 461 g/mol. The van der Waals surface area contributed by atoms with E-state index >= 15 is 0 Å². The number of hydrogen-bond acceptors (Lipinski definition) is 6. The van der Waals surface area contributed by atoms with E-state index in [1.165, 1.54) is 19.1 Å². The van der Waals surface area contributed by atoms with Crippen LogP contribution in [0.3, 0.4) is 0 Å². The van der Waals surface area contributed by atoms with Crippen molar-refractivity contribution >= 4 is 11.0 Å². The van der Waals surface area contributed by atoms with Crippen LogP contribution < -0.4 is 14.9 Å². The Balaban J connectivity index is 1.38. The van der Waals surface area contributed by atoms with Gasteiger partial charge >= 0.3 is 0 Å². The summed E-state index contributed by atoms with van der Waals surface area (Å²) in [7, 11) is 0. The second-order valence-corrected chi connectivity index (χ2v) is 11.4. The van der Waals surface area contributed by atoms with Crippen LogP contribution in [0, 0.1) is 10.8 Å². The first-order valence-corrected chi connectivity index (χ1v) is 12.1. The van der Waals surface area contributed by atoms with E-state index in [0.717, 1.165) is 18.5 Å². The van der Waals surface area contributed by atoms with Gasteiger partial charge in [-0.25, -0.2) is 0 Å². The van der Waals surface area contributed by atoms with Gasteiger partial charge in [-0.1, -0.05) is 26.8 Å². The molecule has 178 valence electrons. The minimum Gasteiger partial charge on any atom is -0.507 e. The van der Waals surface area contributed by atoms with Gasteiger partial charge in [-0.3, -0.25) is 9.69 Å².